The maximum atomic E-state index is 12.5. The highest BCUT2D eigenvalue weighted by molar-refractivity contribution is 14.1. The summed E-state index contributed by atoms with van der Waals surface area (Å²) in [5.74, 6) is 0.524. The van der Waals surface area contributed by atoms with Gasteiger partial charge in [-0.1, -0.05) is 180 Å². The molecule has 0 bridgehead atoms. The lowest BCUT2D eigenvalue weighted by Crippen LogP contribution is -2.32. The Morgan fingerprint density at radius 3 is 1.20 bits per heavy atom. The van der Waals surface area contributed by atoms with Crippen molar-refractivity contribution < 1.29 is 9.59 Å². The highest BCUT2D eigenvalue weighted by Crippen LogP contribution is 2.43. The van der Waals surface area contributed by atoms with Crippen LogP contribution in [0.5, 0.6) is 0 Å². The molecule has 0 saturated heterocycles. The molecule has 0 N–H and O–H groups in total. The minimum absolute atomic E-state index is 0.00346. The van der Waals surface area contributed by atoms with E-state index in [1.165, 1.54) is 0 Å². The van der Waals surface area contributed by atoms with Gasteiger partial charge in [0.05, 0.1) is 7.85 Å². The second-order valence-corrected chi connectivity index (χ2v) is 16.3. The third-order valence-electron chi connectivity index (χ3n) is 8.25. The fourth-order valence-corrected chi connectivity index (χ4v) is 8.66. The highest BCUT2D eigenvalue weighted by Gasteiger charge is 2.37. The number of alkyl halides is 2. The maximum absolute atomic E-state index is 12.5. The van der Waals surface area contributed by atoms with Gasteiger partial charge in [0.1, 0.15) is 0 Å². The molecule has 0 saturated carbocycles. The molecule has 0 aromatic heterocycles. The SMILES string of the molecule is CC1=C(/C=C/C(C)=C/C=C/C(C)=C/C=C/C=C(C)/C=C/C=C(C)/C=C/C2=C(C)C(=O)C(I)CC2(C)C)C(C)(C)CC(I)C1=O. The molecule has 0 amide bonds. The zero-order valence-electron chi connectivity index (χ0n) is 28.2. The number of carbonyl (C=O) groups excluding carboxylic acids is 2. The van der Waals surface area contributed by atoms with E-state index >= 15 is 0 Å². The van der Waals surface area contributed by atoms with Crippen molar-refractivity contribution in [2.75, 3.05) is 0 Å². The summed E-state index contributed by atoms with van der Waals surface area (Å²) < 4.78 is 0.138. The molecule has 0 radical (unpaired) electrons. The van der Waals surface area contributed by atoms with E-state index in [1.807, 2.05) is 13.8 Å². The normalized spacial score (nSPS) is 24.5. The van der Waals surface area contributed by atoms with E-state index < -0.39 is 0 Å². The van der Waals surface area contributed by atoms with Crippen molar-refractivity contribution in [3.05, 3.63) is 130 Å². The highest BCUT2D eigenvalue weighted by atomic mass is 127. The van der Waals surface area contributed by atoms with Gasteiger partial charge in [0.2, 0.25) is 0 Å². The van der Waals surface area contributed by atoms with E-state index in [-0.39, 0.29) is 30.2 Å². The topological polar surface area (TPSA) is 34.1 Å². The summed E-state index contributed by atoms with van der Waals surface area (Å²) >= 11 is 4.55. The van der Waals surface area contributed by atoms with E-state index in [0.29, 0.717) is 0 Å². The molecule has 2 aliphatic rings. The Balaban J connectivity index is 1.95. The minimum Gasteiger partial charge on any atom is -0.293 e. The van der Waals surface area contributed by atoms with Crippen LogP contribution < -0.4 is 0 Å². The first-order valence-corrected chi connectivity index (χ1v) is 17.8. The number of hydrogen-bond donors (Lipinski definition) is 0. The standard InChI is InChI=1S/C40H50I2O2/c1-27(17-13-19-29(3)21-23-33-31(5)37(43)35(41)25-39(33,7)8)15-11-12-16-28(2)18-14-20-30(4)22-24-34-32(6)38(44)36(42)26-40(34,9)10/h11-24,35-36H,25-26H2,1-10H3/b12-11+,17-13+,18-14+,23-21+,24-22+,27-15+,28-16+,29-19+,30-20+. The van der Waals surface area contributed by atoms with Crippen molar-refractivity contribution >= 4 is 56.7 Å². The zero-order chi connectivity index (χ0) is 33.2. The van der Waals surface area contributed by atoms with E-state index in [9.17, 15) is 9.59 Å². The third kappa shape index (κ3) is 11.4. The quantitative estimate of drug-likeness (QED) is 0.125. The van der Waals surface area contributed by atoms with Crippen LogP contribution in [0.25, 0.3) is 0 Å². The van der Waals surface area contributed by atoms with Crippen LogP contribution in [0, 0.1) is 10.8 Å². The molecule has 44 heavy (non-hydrogen) atoms. The summed E-state index contributed by atoms with van der Waals surface area (Å²) in [5, 5.41) is 0. The van der Waals surface area contributed by atoms with Gasteiger partial charge < -0.3 is 0 Å². The molecule has 0 aromatic carbocycles. The first kappa shape index (κ1) is 38.1. The Morgan fingerprint density at radius 1 is 0.568 bits per heavy atom. The van der Waals surface area contributed by atoms with Gasteiger partial charge in [0.25, 0.3) is 0 Å². The van der Waals surface area contributed by atoms with Crippen LogP contribution in [0.2, 0.25) is 0 Å². The van der Waals surface area contributed by atoms with E-state index in [4.69, 9.17) is 0 Å². The van der Waals surface area contributed by atoms with Crippen LogP contribution in [0.4, 0.5) is 0 Å². The second-order valence-electron chi connectivity index (χ2n) is 13.3. The van der Waals surface area contributed by atoms with Crippen molar-refractivity contribution in [2.45, 2.75) is 89.9 Å². The van der Waals surface area contributed by atoms with Crippen molar-refractivity contribution in [1.82, 2.24) is 0 Å². The summed E-state index contributed by atoms with van der Waals surface area (Å²) in [5.41, 5.74) is 8.70. The summed E-state index contributed by atoms with van der Waals surface area (Å²) in [4.78, 5) is 25.0. The molecule has 2 nitrogen and oxygen atoms in total. The molecule has 2 atom stereocenters. The fourth-order valence-electron chi connectivity index (χ4n) is 5.52. The molecule has 0 heterocycles. The summed E-state index contributed by atoms with van der Waals surface area (Å²) in [6.45, 7) is 21.2. The van der Waals surface area contributed by atoms with Gasteiger partial charge in [-0.05, 0) is 87.5 Å². The van der Waals surface area contributed by atoms with Crippen LogP contribution in [0.15, 0.2) is 130 Å². The zero-order valence-corrected chi connectivity index (χ0v) is 32.5. The maximum Gasteiger partial charge on any atom is 0.171 e. The van der Waals surface area contributed by atoms with Crippen molar-refractivity contribution in [2.24, 2.45) is 10.8 Å². The molecule has 0 aromatic rings. The van der Waals surface area contributed by atoms with E-state index in [1.54, 1.807) is 0 Å². The lowest BCUT2D eigenvalue weighted by molar-refractivity contribution is -0.116. The molecule has 2 rings (SSSR count). The Morgan fingerprint density at radius 2 is 0.864 bits per heavy atom. The molecule has 0 aliphatic heterocycles. The molecule has 236 valence electrons. The van der Waals surface area contributed by atoms with Crippen LogP contribution >= 0.6 is 45.2 Å². The van der Waals surface area contributed by atoms with Crippen LogP contribution in [0.1, 0.15) is 82.1 Å². The van der Waals surface area contributed by atoms with Gasteiger partial charge in [-0.15, -0.1) is 0 Å². The lowest BCUT2D eigenvalue weighted by Gasteiger charge is -2.34. The number of Topliss-reactive ketones (excluding diaryl/α,β-unsaturated/α-hetero) is 2. The molecule has 0 fully saturated rings. The predicted octanol–water partition coefficient (Wildman–Crippen LogP) is 11.8. The van der Waals surface area contributed by atoms with Crippen molar-refractivity contribution in [3.63, 3.8) is 0 Å². The third-order valence-corrected chi connectivity index (χ3v) is 10.3. The molecular weight excluding hydrogens is 766 g/mol. The van der Waals surface area contributed by atoms with E-state index in [0.717, 1.165) is 57.4 Å². The predicted molar refractivity (Wildman–Crippen MR) is 209 cm³/mol. The number of hydrogen-bond acceptors (Lipinski definition) is 2. The van der Waals surface area contributed by atoms with Gasteiger partial charge >= 0.3 is 0 Å². The first-order chi connectivity index (χ1) is 20.5. The van der Waals surface area contributed by atoms with Crippen LogP contribution in [-0.2, 0) is 9.59 Å². The minimum atomic E-state index is 0.00346. The number of halogens is 2. The number of allylic oxidation sites excluding steroid dienone is 22. The molecular formula is C40H50I2O2. The molecule has 2 unspecified atom stereocenters. The van der Waals surface area contributed by atoms with Crippen LogP contribution in [0.3, 0.4) is 0 Å². The smallest absolute Gasteiger partial charge is 0.171 e. The summed E-state index contributed by atoms with van der Waals surface area (Å²) in [6, 6.07) is 0. The van der Waals surface area contributed by atoms with Gasteiger partial charge in [-0.3, -0.25) is 9.59 Å². The fraction of sp³-hybridized carbons (Fsp3) is 0.400. The average molecular weight is 817 g/mol. The van der Waals surface area contributed by atoms with Crippen molar-refractivity contribution in [3.8, 4) is 0 Å². The number of rotatable bonds is 10. The van der Waals surface area contributed by atoms with Crippen LogP contribution in [-0.4, -0.2) is 19.4 Å². The Hall–Kier alpha value is -2.06. The lowest BCUT2D eigenvalue weighted by atomic mass is 9.72. The Kier molecular flexibility index (Phi) is 14.7. The van der Waals surface area contributed by atoms with Crippen molar-refractivity contribution in [1.29, 1.82) is 0 Å². The first-order valence-electron chi connectivity index (χ1n) is 15.3. The number of ketones is 2. The largest absolute Gasteiger partial charge is 0.293 e. The monoisotopic (exact) mass is 816 g/mol. The summed E-state index contributed by atoms with van der Waals surface area (Å²) in [6.07, 6.45) is 31.0. The number of carbonyl (C=O) groups is 2. The Labute approximate surface area is 294 Å². The van der Waals surface area contributed by atoms with Gasteiger partial charge in [0.15, 0.2) is 11.6 Å². The van der Waals surface area contributed by atoms with Gasteiger partial charge in [0, 0.05) is 0 Å². The second kappa shape index (κ2) is 17.0. The summed E-state index contributed by atoms with van der Waals surface area (Å²) in [7, 11) is 0. The van der Waals surface area contributed by atoms with E-state index in [2.05, 4.69) is 186 Å². The molecule has 2 aliphatic carbocycles. The molecule has 4 heteroatoms. The Bertz CT molecular complexity index is 1350. The molecule has 0 spiro atoms. The average Bonchev–Trinajstić information content (AvgIpc) is 2.92. The van der Waals surface area contributed by atoms with Gasteiger partial charge in [-0.25, -0.2) is 0 Å². The van der Waals surface area contributed by atoms with Gasteiger partial charge in [-0.2, -0.15) is 0 Å².